The van der Waals surface area contributed by atoms with Crippen molar-refractivity contribution in [3.05, 3.63) is 34.3 Å². The van der Waals surface area contributed by atoms with Crippen molar-refractivity contribution in [2.45, 2.75) is 38.1 Å². The predicted octanol–water partition coefficient (Wildman–Crippen LogP) is 2.89. The average Bonchev–Trinajstić information content (AvgIpc) is 2.40. The van der Waals surface area contributed by atoms with Crippen molar-refractivity contribution in [1.29, 1.82) is 0 Å². The maximum absolute atomic E-state index is 12.2. The van der Waals surface area contributed by atoms with Gasteiger partial charge in [0.15, 0.2) is 0 Å². The van der Waals surface area contributed by atoms with E-state index in [0.717, 1.165) is 30.4 Å². The number of halogens is 1. The van der Waals surface area contributed by atoms with Crippen molar-refractivity contribution in [1.82, 2.24) is 4.90 Å². The number of carbonyl (C=O) groups excluding carboxylic acids is 1. The van der Waals surface area contributed by atoms with Crippen LogP contribution in [-0.4, -0.2) is 29.9 Å². The van der Waals surface area contributed by atoms with Crippen LogP contribution in [0.3, 0.4) is 0 Å². The number of rotatable bonds is 3. The molecule has 1 aromatic rings. The first-order chi connectivity index (χ1) is 9.06. The molecule has 2 rings (SSSR count). The van der Waals surface area contributed by atoms with Gasteiger partial charge in [-0.05, 0) is 36.5 Å². The zero-order valence-corrected chi connectivity index (χ0v) is 12.9. The molecule has 0 spiro atoms. The Morgan fingerprint density at radius 2 is 1.95 bits per heavy atom. The minimum Gasteiger partial charge on any atom is -0.343 e. The van der Waals surface area contributed by atoms with Crippen LogP contribution in [-0.2, 0) is 4.79 Å². The zero-order valence-electron chi connectivity index (χ0n) is 11.3. The second kappa shape index (κ2) is 6.53. The van der Waals surface area contributed by atoms with Gasteiger partial charge >= 0.3 is 0 Å². The third kappa shape index (κ3) is 4.05. The number of hydrogen-bond donors (Lipinski definition) is 1. The fourth-order valence-corrected chi connectivity index (χ4v) is 2.71. The molecular formula is C15H21BrN2O. The molecule has 0 saturated carbocycles. The van der Waals surface area contributed by atoms with Crippen molar-refractivity contribution in [2.24, 2.45) is 5.73 Å². The highest BCUT2D eigenvalue weighted by Gasteiger charge is 2.22. The molecule has 0 radical (unpaired) electrons. The van der Waals surface area contributed by atoms with Gasteiger partial charge < -0.3 is 10.6 Å². The lowest BCUT2D eigenvalue weighted by molar-refractivity contribution is -0.132. The number of hydrogen-bond acceptors (Lipinski definition) is 2. The number of nitrogens with zero attached hydrogens (tertiary/aromatic N) is 1. The summed E-state index contributed by atoms with van der Waals surface area (Å²) < 4.78 is 1.07. The number of benzene rings is 1. The first-order valence-corrected chi connectivity index (χ1v) is 7.64. The van der Waals surface area contributed by atoms with Gasteiger partial charge in [0.2, 0.25) is 5.91 Å². The molecule has 1 aliphatic heterocycles. The first-order valence-electron chi connectivity index (χ1n) is 6.85. The Hall–Kier alpha value is -0.870. The summed E-state index contributed by atoms with van der Waals surface area (Å²) in [4.78, 5) is 14.2. The molecule has 1 saturated heterocycles. The third-order valence-electron chi connectivity index (χ3n) is 3.81. The minimum atomic E-state index is 0.252. The Morgan fingerprint density at radius 3 is 2.53 bits per heavy atom. The molecular weight excluding hydrogens is 304 g/mol. The second-order valence-electron chi connectivity index (χ2n) is 5.37. The van der Waals surface area contributed by atoms with Gasteiger partial charge in [0.25, 0.3) is 0 Å². The van der Waals surface area contributed by atoms with E-state index in [0.29, 0.717) is 6.42 Å². The van der Waals surface area contributed by atoms with Crippen LogP contribution in [0.5, 0.6) is 0 Å². The first kappa shape index (κ1) is 14.5. The molecule has 1 atom stereocenters. The van der Waals surface area contributed by atoms with Crippen LogP contribution in [0.25, 0.3) is 0 Å². The highest BCUT2D eigenvalue weighted by molar-refractivity contribution is 9.10. The van der Waals surface area contributed by atoms with Gasteiger partial charge in [-0.3, -0.25) is 4.79 Å². The third-order valence-corrected chi connectivity index (χ3v) is 4.34. The summed E-state index contributed by atoms with van der Waals surface area (Å²) in [5.41, 5.74) is 7.07. The number of likely N-dealkylation sites (tertiary alicyclic amines) is 1. The zero-order chi connectivity index (χ0) is 13.8. The standard InChI is InChI=1S/C15H21BrN2O/c1-11(12-2-4-13(16)5-3-12)10-15(19)18-8-6-14(17)7-9-18/h2-5,11,14H,6-10,17H2,1H3. The summed E-state index contributed by atoms with van der Waals surface area (Å²) in [7, 11) is 0. The normalized spacial score (nSPS) is 18.4. The maximum Gasteiger partial charge on any atom is 0.223 e. The van der Waals surface area contributed by atoms with E-state index in [4.69, 9.17) is 5.73 Å². The van der Waals surface area contributed by atoms with Crippen LogP contribution in [0, 0.1) is 0 Å². The Morgan fingerprint density at radius 1 is 1.37 bits per heavy atom. The lowest BCUT2D eigenvalue weighted by atomic mass is 9.96. The van der Waals surface area contributed by atoms with Crippen molar-refractivity contribution in [2.75, 3.05) is 13.1 Å². The Bertz CT molecular complexity index is 424. The van der Waals surface area contributed by atoms with Gasteiger partial charge in [-0.1, -0.05) is 35.0 Å². The summed E-state index contributed by atoms with van der Waals surface area (Å²) >= 11 is 3.43. The van der Waals surface area contributed by atoms with E-state index in [2.05, 4.69) is 35.0 Å². The lowest BCUT2D eigenvalue weighted by Gasteiger charge is -2.31. The van der Waals surface area contributed by atoms with Gasteiger partial charge in [-0.25, -0.2) is 0 Å². The number of carbonyl (C=O) groups is 1. The number of nitrogens with two attached hydrogens (primary N) is 1. The maximum atomic E-state index is 12.2. The molecule has 1 aliphatic rings. The molecule has 3 nitrogen and oxygen atoms in total. The van der Waals surface area contributed by atoms with Gasteiger partial charge in [-0.2, -0.15) is 0 Å². The average molecular weight is 325 g/mol. The molecule has 19 heavy (non-hydrogen) atoms. The predicted molar refractivity (Wildman–Crippen MR) is 81.0 cm³/mol. The van der Waals surface area contributed by atoms with E-state index in [1.165, 1.54) is 5.56 Å². The summed E-state index contributed by atoms with van der Waals surface area (Å²) in [5.74, 6) is 0.513. The van der Waals surface area contributed by atoms with E-state index in [9.17, 15) is 4.79 Å². The highest BCUT2D eigenvalue weighted by Crippen LogP contribution is 2.23. The Kier molecular flexibility index (Phi) is 4.99. The van der Waals surface area contributed by atoms with Gasteiger partial charge in [0.1, 0.15) is 0 Å². The molecule has 104 valence electrons. The van der Waals surface area contributed by atoms with E-state index < -0.39 is 0 Å². The molecule has 0 bridgehead atoms. The fourth-order valence-electron chi connectivity index (χ4n) is 2.45. The molecule has 0 aliphatic carbocycles. The van der Waals surface area contributed by atoms with Gasteiger partial charge in [-0.15, -0.1) is 0 Å². The van der Waals surface area contributed by atoms with E-state index in [-0.39, 0.29) is 17.9 Å². The van der Waals surface area contributed by atoms with Crippen LogP contribution < -0.4 is 5.73 Å². The number of piperidine rings is 1. The largest absolute Gasteiger partial charge is 0.343 e. The molecule has 1 amide bonds. The van der Waals surface area contributed by atoms with Crippen LogP contribution in [0.2, 0.25) is 0 Å². The minimum absolute atomic E-state index is 0.252. The van der Waals surface area contributed by atoms with Crippen molar-refractivity contribution >= 4 is 21.8 Å². The topological polar surface area (TPSA) is 46.3 Å². The van der Waals surface area contributed by atoms with E-state index in [1.807, 2.05) is 17.0 Å². The second-order valence-corrected chi connectivity index (χ2v) is 6.29. The molecule has 1 heterocycles. The lowest BCUT2D eigenvalue weighted by Crippen LogP contribution is -2.43. The van der Waals surface area contributed by atoms with Crippen LogP contribution in [0.1, 0.15) is 37.7 Å². The van der Waals surface area contributed by atoms with Crippen LogP contribution >= 0.6 is 15.9 Å². The monoisotopic (exact) mass is 324 g/mol. The van der Waals surface area contributed by atoms with E-state index in [1.54, 1.807) is 0 Å². The highest BCUT2D eigenvalue weighted by atomic mass is 79.9. The summed E-state index contributed by atoms with van der Waals surface area (Å²) in [6, 6.07) is 8.47. The molecule has 2 N–H and O–H groups in total. The summed E-state index contributed by atoms with van der Waals surface area (Å²) in [6.45, 7) is 3.73. The van der Waals surface area contributed by atoms with Gasteiger partial charge in [0, 0.05) is 30.0 Å². The Balaban J connectivity index is 1.89. The quantitative estimate of drug-likeness (QED) is 0.929. The molecule has 1 fully saturated rings. The van der Waals surface area contributed by atoms with Gasteiger partial charge in [0.05, 0.1) is 0 Å². The molecule has 1 aromatic carbocycles. The summed E-state index contributed by atoms with van der Waals surface area (Å²) in [6.07, 6.45) is 2.44. The van der Waals surface area contributed by atoms with Crippen molar-refractivity contribution < 1.29 is 4.79 Å². The molecule has 1 unspecified atom stereocenters. The molecule has 0 aromatic heterocycles. The Labute approximate surface area is 123 Å². The fraction of sp³-hybridized carbons (Fsp3) is 0.533. The molecule has 4 heteroatoms. The SMILES string of the molecule is CC(CC(=O)N1CCC(N)CC1)c1ccc(Br)cc1. The summed E-state index contributed by atoms with van der Waals surface area (Å²) in [5, 5.41) is 0. The van der Waals surface area contributed by atoms with Crippen molar-refractivity contribution in [3.63, 3.8) is 0 Å². The smallest absolute Gasteiger partial charge is 0.223 e. The van der Waals surface area contributed by atoms with Crippen molar-refractivity contribution in [3.8, 4) is 0 Å². The van der Waals surface area contributed by atoms with E-state index >= 15 is 0 Å². The number of amides is 1. The van der Waals surface area contributed by atoms with Crippen LogP contribution in [0.4, 0.5) is 0 Å². The van der Waals surface area contributed by atoms with Crippen LogP contribution in [0.15, 0.2) is 28.7 Å².